The Labute approximate surface area is 155 Å². The maximum absolute atomic E-state index is 13.1. The molecule has 0 aliphatic carbocycles. The number of nitrogens with one attached hydrogen (secondary N) is 1. The first-order chi connectivity index (χ1) is 12.5. The second-order valence-electron chi connectivity index (χ2n) is 6.45. The molecule has 132 valence electrons. The van der Waals surface area contributed by atoms with Crippen molar-refractivity contribution >= 4 is 17.5 Å². The predicted octanol–water partition coefficient (Wildman–Crippen LogP) is 4.38. The van der Waals surface area contributed by atoms with E-state index in [0.29, 0.717) is 30.1 Å². The van der Waals surface area contributed by atoms with Gasteiger partial charge in [0.2, 0.25) is 0 Å². The molecule has 1 aromatic heterocycles. The number of carbonyl (C=O) groups is 1. The highest BCUT2D eigenvalue weighted by atomic mass is 35.5. The van der Waals surface area contributed by atoms with Crippen molar-refractivity contribution in [3.05, 3.63) is 75.7 Å². The van der Waals surface area contributed by atoms with Gasteiger partial charge in [0.25, 0.3) is 5.91 Å². The first-order valence-corrected chi connectivity index (χ1v) is 8.79. The third kappa shape index (κ3) is 2.88. The van der Waals surface area contributed by atoms with Crippen LogP contribution in [0.2, 0.25) is 5.02 Å². The van der Waals surface area contributed by atoms with Gasteiger partial charge in [0, 0.05) is 17.7 Å². The van der Waals surface area contributed by atoms with Gasteiger partial charge in [-0.25, -0.2) is 4.39 Å². The maximum atomic E-state index is 13.1. The molecule has 0 saturated carbocycles. The van der Waals surface area contributed by atoms with Crippen LogP contribution in [0.1, 0.15) is 27.2 Å². The lowest BCUT2D eigenvalue weighted by Gasteiger charge is -2.27. The largest absolute Gasteiger partial charge is 0.332 e. The normalized spacial score (nSPS) is 13.6. The van der Waals surface area contributed by atoms with Gasteiger partial charge in [-0.1, -0.05) is 23.7 Å². The summed E-state index contributed by atoms with van der Waals surface area (Å²) in [5, 5.41) is 7.92. The van der Waals surface area contributed by atoms with Crippen LogP contribution in [0.3, 0.4) is 0 Å². The van der Waals surface area contributed by atoms with E-state index in [0.717, 1.165) is 28.1 Å². The molecule has 4 rings (SSSR count). The Morgan fingerprint density at radius 3 is 2.77 bits per heavy atom. The number of rotatable bonds is 2. The number of aryl methyl sites for hydroxylation is 1. The lowest BCUT2D eigenvalue weighted by atomic mass is 9.99. The van der Waals surface area contributed by atoms with Crippen molar-refractivity contribution in [3.8, 4) is 11.3 Å². The number of carbonyl (C=O) groups excluding carboxylic acids is 1. The molecule has 2 heterocycles. The highest BCUT2D eigenvalue weighted by molar-refractivity contribution is 6.34. The summed E-state index contributed by atoms with van der Waals surface area (Å²) in [5.74, 6) is -0.354. The number of halogens is 2. The summed E-state index contributed by atoms with van der Waals surface area (Å²) in [6.07, 6.45) is 0.688. The van der Waals surface area contributed by atoms with E-state index < -0.39 is 0 Å². The van der Waals surface area contributed by atoms with E-state index in [9.17, 15) is 9.18 Å². The molecule has 1 N–H and O–H groups in total. The molecule has 0 atom stereocenters. The Balaban J connectivity index is 1.60. The van der Waals surface area contributed by atoms with Crippen molar-refractivity contribution in [2.45, 2.75) is 19.9 Å². The van der Waals surface area contributed by atoms with Crippen LogP contribution in [0.4, 0.5) is 4.39 Å². The fraction of sp³-hybridized carbons (Fsp3) is 0.200. The molecule has 0 saturated heterocycles. The molecule has 0 fully saturated rings. The van der Waals surface area contributed by atoms with E-state index in [1.807, 2.05) is 19.1 Å². The average Bonchev–Trinajstić information content (AvgIpc) is 3.07. The van der Waals surface area contributed by atoms with E-state index in [4.69, 9.17) is 11.6 Å². The zero-order valence-corrected chi connectivity index (χ0v) is 15.0. The van der Waals surface area contributed by atoms with Crippen LogP contribution in [-0.2, 0) is 13.0 Å². The van der Waals surface area contributed by atoms with E-state index in [1.165, 1.54) is 12.1 Å². The van der Waals surface area contributed by atoms with Gasteiger partial charge in [-0.15, -0.1) is 0 Å². The minimum Gasteiger partial charge on any atom is -0.332 e. The van der Waals surface area contributed by atoms with Crippen molar-refractivity contribution in [2.24, 2.45) is 0 Å². The standard InChI is InChI=1S/C20H17ClFN3O/c1-12-3-2-4-16(18(12)21)20(26)25-10-9-15-17(11-25)23-24-19(15)13-5-7-14(22)8-6-13/h2-8H,9-11H2,1H3,(H,23,24). The second kappa shape index (κ2) is 6.57. The quantitative estimate of drug-likeness (QED) is 0.729. The first kappa shape index (κ1) is 16.8. The lowest BCUT2D eigenvalue weighted by molar-refractivity contribution is 0.0732. The number of hydrogen-bond donors (Lipinski definition) is 1. The Bertz CT molecular complexity index is 981. The fourth-order valence-electron chi connectivity index (χ4n) is 3.32. The van der Waals surface area contributed by atoms with E-state index in [1.54, 1.807) is 23.1 Å². The summed E-state index contributed by atoms with van der Waals surface area (Å²) in [7, 11) is 0. The Hall–Kier alpha value is -2.66. The summed E-state index contributed by atoms with van der Waals surface area (Å²) in [4.78, 5) is 14.6. The van der Waals surface area contributed by atoms with Gasteiger partial charge in [0.05, 0.1) is 28.5 Å². The molecule has 0 bridgehead atoms. The fourth-order valence-corrected chi connectivity index (χ4v) is 3.53. The van der Waals surface area contributed by atoms with Crippen molar-refractivity contribution in [3.63, 3.8) is 0 Å². The number of hydrogen-bond acceptors (Lipinski definition) is 2. The number of H-pyrrole nitrogens is 1. The molecule has 6 heteroatoms. The SMILES string of the molecule is Cc1cccc(C(=O)N2CCc3c(-c4ccc(F)cc4)n[nH]c3C2)c1Cl. The molecule has 0 radical (unpaired) electrons. The monoisotopic (exact) mass is 369 g/mol. The van der Waals surface area contributed by atoms with Crippen molar-refractivity contribution in [1.29, 1.82) is 0 Å². The molecule has 0 spiro atoms. The summed E-state index contributed by atoms with van der Waals surface area (Å²) >= 11 is 6.31. The van der Waals surface area contributed by atoms with Crippen LogP contribution in [0.5, 0.6) is 0 Å². The van der Waals surface area contributed by atoms with E-state index in [-0.39, 0.29) is 11.7 Å². The lowest BCUT2D eigenvalue weighted by Crippen LogP contribution is -2.36. The van der Waals surface area contributed by atoms with Crippen LogP contribution < -0.4 is 0 Å². The first-order valence-electron chi connectivity index (χ1n) is 8.41. The molecule has 3 aromatic rings. The van der Waals surface area contributed by atoms with Gasteiger partial charge >= 0.3 is 0 Å². The summed E-state index contributed by atoms with van der Waals surface area (Å²) < 4.78 is 13.1. The molecule has 1 amide bonds. The molecule has 26 heavy (non-hydrogen) atoms. The number of benzene rings is 2. The Morgan fingerprint density at radius 2 is 2.00 bits per heavy atom. The van der Waals surface area contributed by atoms with E-state index >= 15 is 0 Å². The van der Waals surface area contributed by atoms with Gasteiger partial charge in [-0.3, -0.25) is 9.89 Å². The zero-order valence-electron chi connectivity index (χ0n) is 14.2. The molecule has 2 aromatic carbocycles. The molecule has 0 unspecified atom stereocenters. The van der Waals surface area contributed by atoms with Crippen LogP contribution in [0.15, 0.2) is 42.5 Å². The zero-order chi connectivity index (χ0) is 18.3. The molecule has 1 aliphatic heterocycles. The highest BCUT2D eigenvalue weighted by Gasteiger charge is 2.27. The van der Waals surface area contributed by atoms with Crippen molar-refractivity contribution in [2.75, 3.05) is 6.54 Å². The number of aromatic nitrogens is 2. The number of aromatic amines is 1. The minimum atomic E-state index is -0.273. The van der Waals surface area contributed by atoms with Gasteiger partial charge in [0.1, 0.15) is 5.82 Å². The van der Waals surface area contributed by atoms with Gasteiger partial charge in [-0.2, -0.15) is 5.10 Å². The summed E-state index contributed by atoms with van der Waals surface area (Å²) in [6, 6.07) is 11.8. The summed E-state index contributed by atoms with van der Waals surface area (Å²) in [5.41, 5.74) is 5.08. The smallest absolute Gasteiger partial charge is 0.255 e. The maximum Gasteiger partial charge on any atom is 0.255 e. The van der Waals surface area contributed by atoms with Crippen molar-refractivity contribution in [1.82, 2.24) is 15.1 Å². The van der Waals surface area contributed by atoms with E-state index in [2.05, 4.69) is 10.2 Å². The second-order valence-corrected chi connectivity index (χ2v) is 6.83. The van der Waals surface area contributed by atoms with Gasteiger partial charge < -0.3 is 4.90 Å². The van der Waals surface area contributed by atoms with Crippen LogP contribution >= 0.6 is 11.6 Å². The molecular weight excluding hydrogens is 353 g/mol. The summed E-state index contributed by atoms with van der Waals surface area (Å²) in [6.45, 7) is 2.92. The van der Waals surface area contributed by atoms with Crippen LogP contribution in [0.25, 0.3) is 11.3 Å². The molecule has 1 aliphatic rings. The minimum absolute atomic E-state index is 0.0812. The van der Waals surface area contributed by atoms with Crippen LogP contribution in [0, 0.1) is 12.7 Å². The Morgan fingerprint density at radius 1 is 1.23 bits per heavy atom. The third-order valence-electron chi connectivity index (χ3n) is 4.76. The predicted molar refractivity (Wildman–Crippen MR) is 98.6 cm³/mol. The molecular formula is C20H17ClFN3O. The number of fused-ring (bicyclic) bond motifs is 1. The topological polar surface area (TPSA) is 49.0 Å². The van der Waals surface area contributed by atoms with Gasteiger partial charge in [-0.05, 0) is 49.2 Å². The highest BCUT2D eigenvalue weighted by Crippen LogP contribution is 2.30. The Kier molecular flexibility index (Phi) is 4.24. The van der Waals surface area contributed by atoms with Crippen LogP contribution in [-0.4, -0.2) is 27.5 Å². The van der Waals surface area contributed by atoms with Gasteiger partial charge in [0.15, 0.2) is 0 Å². The third-order valence-corrected chi connectivity index (χ3v) is 5.26. The van der Waals surface area contributed by atoms with Crippen molar-refractivity contribution < 1.29 is 9.18 Å². The molecule has 4 nitrogen and oxygen atoms in total. The average molecular weight is 370 g/mol. The number of amides is 1. The number of nitrogens with zero attached hydrogens (tertiary/aromatic N) is 2.